The minimum atomic E-state index is 0.224. The van der Waals surface area contributed by atoms with E-state index in [1.54, 1.807) is 11.8 Å². The Bertz CT molecular complexity index is 561. The molecule has 0 spiro atoms. The Morgan fingerprint density at radius 3 is 2.53 bits per heavy atom. The molecule has 0 N–H and O–H groups in total. The van der Waals surface area contributed by atoms with Crippen molar-refractivity contribution in [2.75, 3.05) is 5.75 Å². The van der Waals surface area contributed by atoms with E-state index < -0.39 is 0 Å². The molecule has 0 aliphatic rings. The Labute approximate surface area is 119 Å². The van der Waals surface area contributed by atoms with Gasteiger partial charge in [0.05, 0.1) is 5.75 Å². The average molecular weight is 270 g/mol. The molecule has 0 saturated carbocycles. The predicted molar refractivity (Wildman–Crippen MR) is 82.9 cm³/mol. The zero-order chi connectivity index (χ0) is 13.7. The van der Waals surface area contributed by atoms with Gasteiger partial charge in [0, 0.05) is 11.3 Å². The summed E-state index contributed by atoms with van der Waals surface area (Å²) in [5.74, 6) is 1.65. The maximum Gasteiger partial charge on any atom is 0.173 e. The van der Waals surface area contributed by atoms with Crippen molar-refractivity contribution in [1.29, 1.82) is 0 Å². The van der Waals surface area contributed by atoms with Crippen molar-refractivity contribution in [2.45, 2.75) is 19.6 Å². The molecule has 0 bridgehead atoms. The zero-order valence-electron chi connectivity index (χ0n) is 11.3. The van der Waals surface area contributed by atoms with E-state index in [9.17, 15) is 4.79 Å². The van der Waals surface area contributed by atoms with Gasteiger partial charge in [-0.2, -0.15) is 0 Å². The van der Waals surface area contributed by atoms with Crippen LogP contribution in [0.2, 0.25) is 0 Å². The molecule has 2 aromatic carbocycles. The SMILES string of the molecule is Cc1ccc(C)c(C(=O)CSCc2ccccc2)c1. The molecule has 0 aliphatic heterocycles. The second-order valence-electron chi connectivity index (χ2n) is 4.72. The highest BCUT2D eigenvalue weighted by Gasteiger charge is 2.09. The van der Waals surface area contributed by atoms with Gasteiger partial charge in [-0.05, 0) is 31.0 Å². The molecule has 2 heteroatoms. The normalized spacial score (nSPS) is 10.4. The summed E-state index contributed by atoms with van der Waals surface area (Å²) in [5, 5.41) is 0. The van der Waals surface area contributed by atoms with Gasteiger partial charge in [-0.1, -0.05) is 48.0 Å². The van der Waals surface area contributed by atoms with Crippen LogP contribution in [-0.4, -0.2) is 11.5 Å². The number of Topliss-reactive ketones (excluding diaryl/α,β-unsaturated/α-hetero) is 1. The van der Waals surface area contributed by atoms with Crippen LogP contribution in [0, 0.1) is 13.8 Å². The first kappa shape index (κ1) is 13.9. The number of carbonyl (C=O) groups excluding carboxylic acids is 1. The van der Waals surface area contributed by atoms with E-state index in [-0.39, 0.29) is 5.78 Å². The Balaban J connectivity index is 1.93. The summed E-state index contributed by atoms with van der Waals surface area (Å²) in [7, 11) is 0. The van der Waals surface area contributed by atoms with Crippen LogP contribution in [-0.2, 0) is 5.75 Å². The quantitative estimate of drug-likeness (QED) is 0.748. The van der Waals surface area contributed by atoms with E-state index in [2.05, 4.69) is 12.1 Å². The minimum Gasteiger partial charge on any atom is -0.293 e. The average Bonchev–Trinajstić information content (AvgIpc) is 2.42. The molecule has 0 heterocycles. The topological polar surface area (TPSA) is 17.1 Å². The van der Waals surface area contributed by atoms with Crippen molar-refractivity contribution in [3.05, 3.63) is 70.8 Å². The number of hydrogen-bond acceptors (Lipinski definition) is 2. The summed E-state index contributed by atoms with van der Waals surface area (Å²) in [5.41, 5.74) is 4.33. The summed E-state index contributed by atoms with van der Waals surface area (Å²) >= 11 is 1.67. The fourth-order valence-electron chi connectivity index (χ4n) is 1.95. The second kappa shape index (κ2) is 6.58. The van der Waals surface area contributed by atoms with Crippen LogP contribution < -0.4 is 0 Å². The fourth-order valence-corrected chi connectivity index (χ4v) is 2.82. The van der Waals surface area contributed by atoms with Gasteiger partial charge in [-0.25, -0.2) is 0 Å². The van der Waals surface area contributed by atoms with Crippen LogP contribution in [0.5, 0.6) is 0 Å². The number of hydrogen-bond donors (Lipinski definition) is 0. The number of ketones is 1. The largest absolute Gasteiger partial charge is 0.293 e. The molecule has 0 saturated heterocycles. The molecule has 0 radical (unpaired) electrons. The van der Waals surface area contributed by atoms with Gasteiger partial charge in [0.1, 0.15) is 0 Å². The zero-order valence-corrected chi connectivity index (χ0v) is 12.2. The van der Waals surface area contributed by atoms with Crippen molar-refractivity contribution in [3.8, 4) is 0 Å². The van der Waals surface area contributed by atoms with Crippen LogP contribution in [0.25, 0.3) is 0 Å². The third-order valence-electron chi connectivity index (χ3n) is 3.04. The van der Waals surface area contributed by atoms with Crippen LogP contribution in [0.4, 0.5) is 0 Å². The van der Waals surface area contributed by atoms with Crippen molar-refractivity contribution in [2.24, 2.45) is 0 Å². The Hall–Kier alpha value is -1.54. The van der Waals surface area contributed by atoms with Crippen LogP contribution in [0.1, 0.15) is 27.0 Å². The number of aryl methyl sites for hydroxylation is 2. The predicted octanol–water partition coefficient (Wildman–Crippen LogP) is 4.42. The van der Waals surface area contributed by atoms with E-state index in [0.29, 0.717) is 5.75 Å². The Kier molecular flexibility index (Phi) is 4.80. The van der Waals surface area contributed by atoms with Crippen molar-refractivity contribution < 1.29 is 4.79 Å². The van der Waals surface area contributed by atoms with E-state index >= 15 is 0 Å². The van der Waals surface area contributed by atoms with Gasteiger partial charge in [0.25, 0.3) is 0 Å². The van der Waals surface area contributed by atoms with Crippen molar-refractivity contribution in [3.63, 3.8) is 0 Å². The third kappa shape index (κ3) is 3.97. The highest BCUT2D eigenvalue weighted by atomic mass is 32.2. The molecule has 2 aromatic rings. The van der Waals surface area contributed by atoms with Crippen LogP contribution in [0.15, 0.2) is 48.5 Å². The molecule has 0 fully saturated rings. The lowest BCUT2D eigenvalue weighted by molar-refractivity contribution is 0.102. The van der Waals surface area contributed by atoms with E-state index in [1.165, 1.54) is 5.56 Å². The first-order valence-electron chi connectivity index (χ1n) is 6.39. The summed E-state index contributed by atoms with van der Waals surface area (Å²) in [4.78, 5) is 12.2. The number of thioether (sulfide) groups is 1. The highest BCUT2D eigenvalue weighted by Crippen LogP contribution is 2.17. The minimum absolute atomic E-state index is 0.224. The lowest BCUT2D eigenvalue weighted by Crippen LogP contribution is -2.05. The van der Waals surface area contributed by atoms with E-state index in [1.807, 2.05) is 50.2 Å². The molecule has 98 valence electrons. The van der Waals surface area contributed by atoms with Crippen LogP contribution in [0.3, 0.4) is 0 Å². The third-order valence-corrected chi connectivity index (χ3v) is 4.04. The maximum atomic E-state index is 12.2. The van der Waals surface area contributed by atoms with Gasteiger partial charge in [0.2, 0.25) is 0 Å². The summed E-state index contributed by atoms with van der Waals surface area (Å²) in [6, 6.07) is 16.3. The molecule has 1 nitrogen and oxygen atoms in total. The van der Waals surface area contributed by atoms with Crippen molar-refractivity contribution >= 4 is 17.5 Å². The summed E-state index contributed by atoms with van der Waals surface area (Å²) < 4.78 is 0. The molecule has 19 heavy (non-hydrogen) atoms. The molecule has 0 amide bonds. The fraction of sp³-hybridized carbons (Fsp3) is 0.235. The highest BCUT2D eigenvalue weighted by molar-refractivity contribution is 7.99. The first-order valence-corrected chi connectivity index (χ1v) is 7.54. The monoisotopic (exact) mass is 270 g/mol. The molecule has 0 aromatic heterocycles. The Morgan fingerprint density at radius 1 is 1.05 bits per heavy atom. The van der Waals surface area contributed by atoms with E-state index in [0.717, 1.165) is 22.4 Å². The number of rotatable bonds is 5. The summed E-state index contributed by atoms with van der Waals surface area (Å²) in [6.45, 7) is 4.02. The number of carbonyl (C=O) groups is 1. The molecule has 0 atom stereocenters. The van der Waals surface area contributed by atoms with Gasteiger partial charge in [-0.15, -0.1) is 11.8 Å². The van der Waals surface area contributed by atoms with Crippen LogP contribution >= 0.6 is 11.8 Å². The molecule has 0 aliphatic carbocycles. The molecule has 0 unspecified atom stereocenters. The molecular formula is C17H18OS. The first-order chi connectivity index (χ1) is 9.16. The van der Waals surface area contributed by atoms with Gasteiger partial charge in [-0.3, -0.25) is 4.79 Å². The van der Waals surface area contributed by atoms with Crippen molar-refractivity contribution in [1.82, 2.24) is 0 Å². The lowest BCUT2D eigenvalue weighted by Gasteiger charge is -2.06. The van der Waals surface area contributed by atoms with Gasteiger partial charge < -0.3 is 0 Å². The maximum absolute atomic E-state index is 12.2. The lowest BCUT2D eigenvalue weighted by atomic mass is 10.0. The van der Waals surface area contributed by atoms with E-state index in [4.69, 9.17) is 0 Å². The smallest absolute Gasteiger partial charge is 0.173 e. The number of benzene rings is 2. The summed E-state index contributed by atoms with van der Waals surface area (Å²) in [6.07, 6.45) is 0. The molecule has 2 rings (SSSR count). The Morgan fingerprint density at radius 2 is 1.79 bits per heavy atom. The second-order valence-corrected chi connectivity index (χ2v) is 5.71. The van der Waals surface area contributed by atoms with Gasteiger partial charge in [0.15, 0.2) is 5.78 Å². The standard InChI is InChI=1S/C17H18OS/c1-13-8-9-14(2)16(10-13)17(18)12-19-11-15-6-4-3-5-7-15/h3-10H,11-12H2,1-2H3. The van der Waals surface area contributed by atoms with Gasteiger partial charge >= 0.3 is 0 Å². The molecular weight excluding hydrogens is 252 g/mol.